The lowest BCUT2D eigenvalue weighted by atomic mass is 10.1. The first-order chi connectivity index (χ1) is 9.38. The number of aryl methyl sites for hydroxylation is 3. The maximum absolute atomic E-state index is 11.4. The quantitative estimate of drug-likeness (QED) is 0.912. The van der Waals surface area contributed by atoms with Crippen LogP contribution in [0.25, 0.3) is 0 Å². The molecule has 3 heteroatoms. The Balaban J connectivity index is 2.52. The Morgan fingerprint density at radius 3 is 2.10 bits per heavy atom. The molecule has 0 saturated heterocycles. The Kier molecular flexibility index (Phi) is 3.79. The molecule has 104 valence electrons. The molecule has 0 heterocycles. The van der Waals surface area contributed by atoms with Gasteiger partial charge in [-0.25, -0.2) is 4.79 Å². The van der Waals surface area contributed by atoms with Crippen LogP contribution in [0.4, 0.5) is 11.4 Å². The van der Waals surface area contributed by atoms with Gasteiger partial charge in [-0.2, -0.15) is 0 Å². The van der Waals surface area contributed by atoms with Crippen LogP contribution in [0.5, 0.6) is 0 Å². The average Bonchev–Trinajstić information content (AvgIpc) is 2.36. The second kappa shape index (κ2) is 5.37. The molecule has 0 amide bonds. The highest BCUT2D eigenvalue weighted by Gasteiger charge is 2.15. The lowest BCUT2D eigenvalue weighted by Crippen LogP contribution is -2.14. The molecule has 0 unspecified atom stereocenters. The molecule has 2 aromatic rings. The molecule has 0 spiro atoms. The van der Waals surface area contributed by atoms with E-state index in [-0.39, 0.29) is 0 Å². The summed E-state index contributed by atoms with van der Waals surface area (Å²) in [6, 6.07) is 11.7. The van der Waals surface area contributed by atoms with Gasteiger partial charge in [-0.05, 0) is 56.2 Å². The van der Waals surface area contributed by atoms with Crippen LogP contribution in [0, 0.1) is 20.8 Å². The Bertz CT molecular complexity index is 642. The summed E-state index contributed by atoms with van der Waals surface area (Å²) in [6.45, 7) is 5.97. The Labute approximate surface area is 119 Å². The van der Waals surface area contributed by atoms with E-state index in [0.717, 1.165) is 22.4 Å². The fourth-order valence-electron chi connectivity index (χ4n) is 2.40. The molecule has 0 saturated carbocycles. The Hall–Kier alpha value is -2.29. The number of aromatic carboxylic acids is 1. The second-order valence-corrected chi connectivity index (χ2v) is 5.23. The minimum atomic E-state index is -0.903. The van der Waals surface area contributed by atoms with Gasteiger partial charge in [0.2, 0.25) is 0 Å². The predicted molar refractivity (Wildman–Crippen MR) is 82.1 cm³/mol. The number of hydrogen-bond acceptors (Lipinski definition) is 2. The summed E-state index contributed by atoms with van der Waals surface area (Å²) in [4.78, 5) is 13.3. The molecule has 0 aliphatic carbocycles. The van der Waals surface area contributed by atoms with Crippen molar-refractivity contribution >= 4 is 17.3 Å². The van der Waals surface area contributed by atoms with Crippen molar-refractivity contribution in [3.05, 3.63) is 58.7 Å². The van der Waals surface area contributed by atoms with E-state index >= 15 is 0 Å². The summed E-state index contributed by atoms with van der Waals surface area (Å²) >= 11 is 0. The predicted octanol–water partition coefficient (Wildman–Crippen LogP) is 4.08. The number of carboxylic acids is 1. The highest BCUT2D eigenvalue weighted by atomic mass is 16.4. The number of nitrogens with zero attached hydrogens (tertiary/aromatic N) is 1. The van der Waals surface area contributed by atoms with E-state index < -0.39 is 5.97 Å². The summed E-state index contributed by atoms with van der Waals surface area (Å²) in [5.74, 6) is -0.903. The molecule has 0 atom stereocenters. The number of rotatable bonds is 3. The van der Waals surface area contributed by atoms with Crippen LogP contribution >= 0.6 is 0 Å². The molecule has 0 aromatic heterocycles. The third-order valence-electron chi connectivity index (χ3n) is 3.34. The number of carbonyl (C=O) groups is 1. The van der Waals surface area contributed by atoms with Crippen molar-refractivity contribution in [2.45, 2.75) is 20.8 Å². The van der Waals surface area contributed by atoms with Crippen LogP contribution in [0.2, 0.25) is 0 Å². The van der Waals surface area contributed by atoms with Crippen molar-refractivity contribution in [1.29, 1.82) is 0 Å². The van der Waals surface area contributed by atoms with Crippen molar-refractivity contribution < 1.29 is 9.90 Å². The van der Waals surface area contributed by atoms with Crippen molar-refractivity contribution in [3.63, 3.8) is 0 Å². The molecule has 3 nitrogen and oxygen atoms in total. The van der Waals surface area contributed by atoms with Crippen LogP contribution < -0.4 is 4.90 Å². The molecule has 1 N–H and O–H groups in total. The van der Waals surface area contributed by atoms with Gasteiger partial charge in [0.05, 0.1) is 11.3 Å². The third-order valence-corrected chi connectivity index (χ3v) is 3.34. The first-order valence-corrected chi connectivity index (χ1v) is 6.54. The van der Waals surface area contributed by atoms with Crippen molar-refractivity contribution in [2.24, 2.45) is 0 Å². The normalized spacial score (nSPS) is 10.4. The maximum Gasteiger partial charge on any atom is 0.337 e. The lowest BCUT2D eigenvalue weighted by molar-refractivity contribution is 0.0697. The molecule has 0 fully saturated rings. The van der Waals surface area contributed by atoms with Crippen molar-refractivity contribution in [3.8, 4) is 0 Å². The van der Waals surface area contributed by atoms with Crippen LogP contribution in [0.3, 0.4) is 0 Å². The lowest BCUT2D eigenvalue weighted by Gasteiger charge is -2.22. The molecule has 2 aromatic carbocycles. The molecule has 20 heavy (non-hydrogen) atoms. The topological polar surface area (TPSA) is 40.5 Å². The van der Waals surface area contributed by atoms with Gasteiger partial charge in [0, 0.05) is 12.7 Å². The molecular formula is C17H19NO2. The summed E-state index contributed by atoms with van der Waals surface area (Å²) in [5.41, 5.74) is 5.29. The minimum absolute atomic E-state index is 0.326. The SMILES string of the molecule is Cc1cc(C)cc(N(C)c2ccc(C)cc2C(=O)O)c1. The summed E-state index contributed by atoms with van der Waals surface area (Å²) < 4.78 is 0. The summed E-state index contributed by atoms with van der Waals surface area (Å²) in [7, 11) is 1.89. The fourth-order valence-corrected chi connectivity index (χ4v) is 2.40. The summed E-state index contributed by atoms with van der Waals surface area (Å²) in [6.07, 6.45) is 0. The van der Waals surface area contributed by atoms with Crippen molar-refractivity contribution in [1.82, 2.24) is 0 Å². The van der Waals surface area contributed by atoms with E-state index in [9.17, 15) is 9.90 Å². The van der Waals surface area contributed by atoms with Crippen LogP contribution in [-0.2, 0) is 0 Å². The van der Waals surface area contributed by atoms with E-state index in [1.165, 1.54) is 0 Å². The van der Waals surface area contributed by atoms with Gasteiger partial charge in [0.25, 0.3) is 0 Å². The number of benzene rings is 2. The molecule has 0 aliphatic rings. The fraction of sp³-hybridized carbons (Fsp3) is 0.235. The molecule has 0 aliphatic heterocycles. The van der Waals surface area contributed by atoms with Crippen LogP contribution in [-0.4, -0.2) is 18.1 Å². The zero-order valence-corrected chi connectivity index (χ0v) is 12.3. The number of anilines is 2. The zero-order chi connectivity index (χ0) is 14.9. The largest absolute Gasteiger partial charge is 0.478 e. The standard InChI is InChI=1S/C17H19NO2/c1-11-5-6-16(15(10-11)17(19)20)18(4)14-8-12(2)7-13(3)9-14/h5-10H,1-4H3,(H,19,20). The zero-order valence-electron chi connectivity index (χ0n) is 12.3. The Morgan fingerprint density at radius 2 is 1.55 bits per heavy atom. The van der Waals surface area contributed by atoms with E-state index in [4.69, 9.17) is 0 Å². The maximum atomic E-state index is 11.4. The van der Waals surface area contributed by atoms with E-state index in [0.29, 0.717) is 11.3 Å². The van der Waals surface area contributed by atoms with Gasteiger partial charge in [-0.15, -0.1) is 0 Å². The van der Waals surface area contributed by atoms with E-state index in [2.05, 4.69) is 18.2 Å². The van der Waals surface area contributed by atoms with E-state index in [1.54, 1.807) is 6.07 Å². The van der Waals surface area contributed by atoms with Crippen LogP contribution in [0.1, 0.15) is 27.0 Å². The number of hydrogen-bond donors (Lipinski definition) is 1. The second-order valence-electron chi connectivity index (χ2n) is 5.23. The van der Waals surface area contributed by atoms with Gasteiger partial charge in [-0.3, -0.25) is 0 Å². The smallest absolute Gasteiger partial charge is 0.337 e. The third kappa shape index (κ3) is 2.82. The first kappa shape index (κ1) is 14.1. The van der Waals surface area contributed by atoms with Gasteiger partial charge in [0.15, 0.2) is 0 Å². The van der Waals surface area contributed by atoms with Gasteiger partial charge in [-0.1, -0.05) is 17.7 Å². The monoisotopic (exact) mass is 269 g/mol. The average molecular weight is 269 g/mol. The van der Waals surface area contributed by atoms with Crippen LogP contribution in [0.15, 0.2) is 36.4 Å². The molecule has 2 rings (SSSR count). The number of carboxylic acid groups (broad SMARTS) is 1. The highest BCUT2D eigenvalue weighted by Crippen LogP contribution is 2.29. The minimum Gasteiger partial charge on any atom is -0.478 e. The molecular weight excluding hydrogens is 250 g/mol. The Morgan fingerprint density at radius 1 is 0.950 bits per heavy atom. The van der Waals surface area contributed by atoms with Gasteiger partial charge >= 0.3 is 5.97 Å². The first-order valence-electron chi connectivity index (χ1n) is 6.54. The molecule has 0 bridgehead atoms. The highest BCUT2D eigenvalue weighted by molar-refractivity contribution is 5.95. The summed E-state index contributed by atoms with van der Waals surface area (Å²) in [5, 5.41) is 9.37. The molecule has 0 radical (unpaired) electrons. The van der Waals surface area contributed by atoms with E-state index in [1.807, 2.05) is 44.9 Å². The van der Waals surface area contributed by atoms with Gasteiger partial charge in [0.1, 0.15) is 0 Å². The van der Waals surface area contributed by atoms with Gasteiger partial charge < -0.3 is 10.0 Å². The van der Waals surface area contributed by atoms with Crippen molar-refractivity contribution in [2.75, 3.05) is 11.9 Å².